The van der Waals surface area contributed by atoms with Gasteiger partial charge < -0.3 is 14.0 Å². The SMILES string of the molecule is O=C(CCCOC(=O)C(C(F)(F)F)(C(F)(F)F)S(=O)(=O)[O-])OCCCl.c1ccc([S+](c2ccccc2)c2ccccc2)cc1. The van der Waals surface area contributed by atoms with Gasteiger partial charge in [-0.1, -0.05) is 54.6 Å². The minimum Gasteiger partial charge on any atom is -0.747 e. The van der Waals surface area contributed by atoms with Crippen molar-refractivity contribution >= 4 is 44.6 Å². The molecule has 0 fully saturated rings. The Morgan fingerprint density at radius 1 is 0.705 bits per heavy atom. The van der Waals surface area contributed by atoms with Crippen molar-refractivity contribution in [3.63, 3.8) is 0 Å². The Morgan fingerprint density at radius 3 is 1.41 bits per heavy atom. The Kier molecular flexibility index (Phi) is 13.6. The molecule has 0 aliphatic carbocycles. The Hall–Kier alpha value is -3.27. The van der Waals surface area contributed by atoms with E-state index in [1.165, 1.54) is 14.7 Å². The average molecular weight is 687 g/mol. The molecule has 0 aromatic heterocycles. The highest BCUT2D eigenvalue weighted by molar-refractivity contribution is 7.97. The number of hydrogen-bond donors (Lipinski definition) is 0. The van der Waals surface area contributed by atoms with E-state index in [4.69, 9.17) is 11.6 Å². The molecule has 16 heteroatoms. The molecule has 0 amide bonds. The van der Waals surface area contributed by atoms with Gasteiger partial charge >= 0.3 is 29.0 Å². The molecule has 3 aromatic rings. The van der Waals surface area contributed by atoms with Gasteiger partial charge in [0.2, 0.25) is 0 Å². The molecule has 0 aliphatic heterocycles. The number of benzene rings is 3. The van der Waals surface area contributed by atoms with Gasteiger partial charge in [-0.15, -0.1) is 11.6 Å². The smallest absolute Gasteiger partial charge is 0.426 e. The molecule has 0 atom stereocenters. The van der Waals surface area contributed by atoms with Crippen LogP contribution in [0.3, 0.4) is 0 Å². The second-order valence-corrected chi connectivity index (χ2v) is 12.5. The zero-order valence-corrected chi connectivity index (χ0v) is 24.9. The summed E-state index contributed by atoms with van der Waals surface area (Å²) in [5, 5.41) is 0. The number of rotatable bonds is 11. The standard InChI is InChI=1S/C18H15S.C10H11ClF6O7S/c1-4-10-16(11-5-1)19(17-12-6-2-7-13-17)18-14-8-3-9-15-18;11-3-5-23-6(18)2-1-4-24-7(19)8(9(12,13)14,10(15,16)17)25(20,21)22/h1-15H;1-5H2,(H,20,21,22)/q+1;/p-1. The fourth-order valence-corrected chi connectivity index (χ4v) is 6.57. The molecule has 240 valence electrons. The van der Waals surface area contributed by atoms with E-state index in [-0.39, 0.29) is 23.4 Å². The van der Waals surface area contributed by atoms with Crippen molar-refractivity contribution in [1.29, 1.82) is 0 Å². The topological polar surface area (TPSA) is 110 Å². The van der Waals surface area contributed by atoms with Crippen molar-refractivity contribution in [3.05, 3.63) is 91.0 Å². The minimum absolute atomic E-state index is 0.0146. The Bertz CT molecular complexity index is 1330. The zero-order chi connectivity index (χ0) is 33.0. The summed E-state index contributed by atoms with van der Waals surface area (Å²) in [5.74, 6) is -4.36. The predicted octanol–water partition coefficient (Wildman–Crippen LogP) is 6.28. The van der Waals surface area contributed by atoms with E-state index in [0.717, 1.165) is 0 Å². The van der Waals surface area contributed by atoms with Crippen LogP contribution in [0.4, 0.5) is 26.3 Å². The maximum Gasteiger partial charge on any atom is 0.426 e. The third-order valence-electron chi connectivity index (χ3n) is 5.50. The number of hydrogen-bond acceptors (Lipinski definition) is 7. The lowest BCUT2D eigenvalue weighted by molar-refractivity contribution is -0.268. The first kappa shape index (κ1) is 36.9. The molecule has 0 spiro atoms. The molecule has 3 aromatic carbocycles. The van der Waals surface area contributed by atoms with Crippen molar-refractivity contribution in [2.75, 3.05) is 19.1 Å². The van der Waals surface area contributed by atoms with Crippen LogP contribution in [0.5, 0.6) is 0 Å². The van der Waals surface area contributed by atoms with Crippen molar-refractivity contribution in [1.82, 2.24) is 0 Å². The highest BCUT2D eigenvalue weighted by Gasteiger charge is 2.81. The van der Waals surface area contributed by atoms with Crippen molar-refractivity contribution < 1.29 is 58.4 Å². The zero-order valence-electron chi connectivity index (χ0n) is 22.5. The molecule has 0 unspecified atom stereocenters. The first-order valence-corrected chi connectivity index (χ1v) is 15.6. The van der Waals surface area contributed by atoms with Gasteiger partial charge in [0.15, 0.2) is 14.7 Å². The number of esters is 2. The maximum absolute atomic E-state index is 12.7. The monoisotopic (exact) mass is 686 g/mol. The molecule has 0 radical (unpaired) electrons. The molecule has 0 bridgehead atoms. The van der Waals surface area contributed by atoms with Crippen LogP contribution in [0.2, 0.25) is 0 Å². The summed E-state index contributed by atoms with van der Waals surface area (Å²) < 4.78 is 110. The lowest BCUT2D eigenvalue weighted by Crippen LogP contribution is -2.67. The Labute approximate surface area is 257 Å². The van der Waals surface area contributed by atoms with Gasteiger partial charge in [-0.3, -0.25) is 4.79 Å². The number of carbonyl (C=O) groups is 2. The van der Waals surface area contributed by atoms with E-state index in [0.29, 0.717) is 0 Å². The highest BCUT2D eigenvalue weighted by Crippen LogP contribution is 2.49. The summed E-state index contributed by atoms with van der Waals surface area (Å²) >= 11 is 5.18. The first-order chi connectivity index (χ1) is 20.6. The van der Waals surface area contributed by atoms with Gasteiger partial charge in [-0.25, -0.2) is 13.2 Å². The fraction of sp³-hybridized carbons (Fsp3) is 0.286. The maximum atomic E-state index is 12.7. The number of halogens is 7. The average Bonchev–Trinajstić information content (AvgIpc) is 2.94. The van der Waals surface area contributed by atoms with Crippen molar-refractivity contribution in [2.45, 2.75) is 44.6 Å². The summed E-state index contributed by atoms with van der Waals surface area (Å²) in [6.45, 7) is -1.40. The molecule has 44 heavy (non-hydrogen) atoms. The molecule has 0 saturated heterocycles. The van der Waals surface area contributed by atoms with E-state index in [2.05, 4.69) is 100 Å². The minimum atomic E-state index is -7.29. The highest BCUT2D eigenvalue weighted by atomic mass is 35.5. The summed E-state index contributed by atoms with van der Waals surface area (Å²) in [5.41, 5.74) is 0. The van der Waals surface area contributed by atoms with Crippen LogP contribution in [0.25, 0.3) is 0 Å². The second kappa shape index (κ2) is 16.2. The van der Waals surface area contributed by atoms with E-state index in [9.17, 15) is 48.9 Å². The number of ether oxygens (including phenoxy) is 2. The van der Waals surface area contributed by atoms with Gasteiger partial charge in [0.05, 0.1) is 23.4 Å². The van der Waals surface area contributed by atoms with Crippen LogP contribution in [-0.4, -0.2) is 61.1 Å². The Morgan fingerprint density at radius 2 is 1.09 bits per heavy atom. The third-order valence-corrected chi connectivity index (χ3v) is 9.26. The second-order valence-electron chi connectivity index (χ2n) is 8.53. The molecular weight excluding hydrogens is 662 g/mol. The molecule has 3 rings (SSSR count). The molecule has 7 nitrogen and oxygen atoms in total. The van der Waals surface area contributed by atoms with Crippen LogP contribution < -0.4 is 0 Å². The van der Waals surface area contributed by atoms with Crippen LogP contribution in [0.15, 0.2) is 106 Å². The fourth-order valence-electron chi connectivity index (χ4n) is 3.56. The van der Waals surface area contributed by atoms with E-state index < -0.39 is 58.6 Å². The first-order valence-electron chi connectivity index (χ1n) is 12.4. The molecule has 0 saturated carbocycles. The van der Waals surface area contributed by atoms with Gasteiger partial charge in [-0.05, 0) is 42.8 Å². The summed E-state index contributed by atoms with van der Waals surface area (Å²) in [6.07, 6.45) is -14.8. The largest absolute Gasteiger partial charge is 0.747 e. The van der Waals surface area contributed by atoms with Gasteiger partial charge in [-0.2, -0.15) is 26.3 Å². The third kappa shape index (κ3) is 9.36. The van der Waals surface area contributed by atoms with Crippen LogP contribution in [0.1, 0.15) is 12.8 Å². The molecular formula is C28H25ClF6O7S2. The van der Waals surface area contributed by atoms with E-state index in [1.807, 2.05) is 0 Å². The molecule has 0 N–H and O–H groups in total. The van der Waals surface area contributed by atoms with Crippen LogP contribution >= 0.6 is 11.6 Å². The van der Waals surface area contributed by atoms with Gasteiger partial charge in [0, 0.05) is 6.42 Å². The number of alkyl halides is 7. The summed E-state index contributed by atoms with van der Waals surface area (Å²) in [7, 11) is -7.30. The van der Waals surface area contributed by atoms with Gasteiger partial charge in [0.1, 0.15) is 16.7 Å². The molecule has 0 heterocycles. The quantitative estimate of drug-likeness (QED) is 0.0583. The van der Waals surface area contributed by atoms with E-state index in [1.54, 1.807) is 0 Å². The van der Waals surface area contributed by atoms with Crippen LogP contribution in [-0.2, 0) is 40.1 Å². The van der Waals surface area contributed by atoms with Gasteiger partial charge in [0.25, 0.3) is 0 Å². The molecule has 0 aliphatic rings. The van der Waals surface area contributed by atoms with Crippen molar-refractivity contribution in [3.8, 4) is 0 Å². The summed E-state index contributed by atoms with van der Waals surface area (Å²) in [6, 6.07) is 32.2. The Balaban J connectivity index is 0.000000315. The lowest BCUT2D eigenvalue weighted by Gasteiger charge is -2.36. The predicted molar refractivity (Wildman–Crippen MR) is 148 cm³/mol. The van der Waals surface area contributed by atoms with Crippen LogP contribution in [0, 0.1) is 0 Å². The lowest BCUT2D eigenvalue weighted by atomic mass is 10.1. The summed E-state index contributed by atoms with van der Waals surface area (Å²) in [4.78, 5) is 26.3. The normalized spacial score (nSPS) is 12.2. The number of carbonyl (C=O) groups excluding carboxylic acids is 2. The van der Waals surface area contributed by atoms with Crippen molar-refractivity contribution in [2.24, 2.45) is 0 Å². The van der Waals surface area contributed by atoms with E-state index >= 15 is 0 Å².